The highest BCUT2D eigenvalue weighted by molar-refractivity contribution is 5.99. The number of aliphatic hydroxyl groups excluding tert-OH is 1. The first-order chi connectivity index (χ1) is 18.5. The van der Waals surface area contributed by atoms with Crippen LogP contribution in [0, 0.1) is 23.2 Å². The Balaban J connectivity index is 1.70. The zero-order chi connectivity index (χ0) is 29.7. The van der Waals surface area contributed by atoms with E-state index in [0.29, 0.717) is 25.8 Å². The summed E-state index contributed by atoms with van der Waals surface area (Å²) in [5.74, 6) is -2.09. The molecule has 40 heavy (non-hydrogen) atoms. The van der Waals surface area contributed by atoms with Gasteiger partial charge in [-0.05, 0) is 63.4 Å². The highest BCUT2D eigenvalue weighted by Gasteiger charge is 2.78. The van der Waals surface area contributed by atoms with E-state index in [-0.39, 0.29) is 35.7 Å². The summed E-state index contributed by atoms with van der Waals surface area (Å²) in [5, 5.41) is 16.7. The maximum absolute atomic E-state index is 14.4. The molecule has 3 fully saturated rings. The van der Waals surface area contributed by atoms with E-state index in [2.05, 4.69) is 31.4 Å². The Hall–Kier alpha value is -2.45. The fourth-order valence-corrected chi connectivity index (χ4v) is 7.94. The first-order valence-corrected chi connectivity index (χ1v) is 14.8. The van der Waals surface area contributed by atoms with Crippen molar-refractivity contribution in [3.05, 3.63) is 35.9 Å². The van der Waals surface area contributed by atoms with Crippen molar-refractivity contribution in [2.45, 2.75) is 116 Å². The van der Waals surface area contributed by atoms with E-state index in [1.807, 2.05) is 65.0 Å². The number of aliphatic hydroxyl groups is 1. The first-order valence-electron chi connectivity index (χ1n) is 14.8. The fraction of sp³-hybridized carbons (Fsp3) is 0.719. The standard InChI is InChI=1S/C32H49N3O5/c1-20(2)16-22(18-36)35-25(27(38)34-30(6,7)19-29(3,4)5)32-15-14-31(8,40-32)23(24(32)28(35)39)26(37)33-17-21-12-10-9-11-13-21/h9-13,20,22-25,36H,14-19H2,1-8H3,(H,33,37)(H,34,38)/t22-,23+,24+,25?,31-,32?/m1/s1. The summed E-state index contributed by atoms with van der Waals surface area (Å²) in [6.07, 6.45) is 2.37. The van der Waals surface area contributed by atoms with E-state index in [4.69, 9.17) is 4.74 Å². The smallest absolute Gasteiger partial charge is 0.246 e. The Morgan fingerprint density at radius 2 is 1.75 bits per heavy atom. The molecule has 3 heterocycles. The molecule has 3 amide bonds. The number of fused-ring (bicyclic) bond motifs is 1. The summed E-state index contributed by atoms with van der Waals surface area (Å²) in [6.45, 7) is 16.5. The molecule has 3 saturated heterocycles. The number of nitrogens with one attached hydrogen (secondary N) is 2. The van der Waals surface area contributed by atoms with Crippen LogP contribution in [0.15, 0.2) is 30.3 Å². The Morgan fingerprint density at radius 1 is 1.10 bits per heavy atom. The van der Waals surface area contributed by atoms with E-state index in [1.165, 1.54) is 0 Å². The molecule has 0 saturated carbocycles. The molecule has 0 aliphatic carbocycles. The summed E-state index contributed by atoms with van der Waals surface area (Å²) in [6, 6.07) is 8.19. The number of carbonyl (C=O) groups is 3. The van der Waals surface area contributed by atoms with Gasteiger partial charge in [-0.1, -0.05) is 65.0 Å². The summed E-state index contributed by atoms with van der Waals surface area (Å²) in [5.41, 5.74) is -1.55. The van der Waals surface area contributed by atoms with Crippen molar-refractivity contribution in [3.8, 4) is 0 Å². The average molecular weight is 556 g/mol. The van der Waals surface area contributed by atoms with E-state index < -0.39 is 40.7 Å². The lowest BCUT2D eigenvalue weighted by Crippen LogP contribution is -2.61. The van der Waals surface area contributed by atoms with Crippen LogP contribution in [0.3, 0.4) is 0 Å². The largest absolute Gasteiger partial charge is 0.394 e. The summed E-state index contributed by atoms with van der Waals surface area (Å²) in [7, 11) is 0. The minimum Gasteiger partial charge on any atom is -0.394 e. The van der Waals surface area contributed by atoms with Crippen molar-refractivity contribution < 1.29 is 24.2 Å². The fourth-order valence-electron chi connectivity index (χ4n) is 7.94. The van der Waals surface area contributed by atoms with Gasteiger partial charge in [-0.25, -0.2) is 0 Å². The Labute approximate surface area is 239 Å². The molecule has 3 N–H and O–H groups in total. The van der Waals surface area contributed by atoms with Crippen LogP contribution in [-0.2, 0) is 25.7 Å². The molecule has 4 rings (SSSR count). The van der Waals surface area contributed by atoms with Crippen LogP contribution in [0.4, 0.5) is 0 Å². The number of amides is 3. The van der Waals surface area contributed by atoms with Gasteiger partial charge >= 0.3 is 0 Å². The molecule has 3 aliphatic rings. The van der Waals surface area contributed by atoms with E-state index in [0.717, 1.165) is 12.0 Å². The van der Waals surface area contributed by atoms with Crippen LogP contribution in [-0.4, -0.2) is 63.2 Å². The number of benzene rings is 1. The summed E-state index contributed by atoms with van der Waals surface area (Å²) < 4.78 is 6.74. The topological polar surface area (TPSA) is 108 Å². The molecule has 8 heteroatoms. The number of carbonyl (C=O) groups excluding carboxylic acids is 3. The van der Waals surface area contributed by atoms with Gasteiger partial charge in [-0.3, -0.25) is 14.4 Å². The molecule has 0 aromatic heterocycles. The molecule has 6 atom stereocenters. The molecule has 1 aromatic rings. The van der Waals surface area contributed by atoms with Crippen LogP contribution < -0.4 is 10.6 Å². The third kappa shape index (κ3) is 5.67. The third-order valence-corrected chi connectivity index (χ3v) is 8.84. The van der Waals surface area contributed by atoms with Gasteiger partial charge in [0.25, 0.3) is 0 Å². The highest BCUT2D eigenvalue weighted by Crippen LogP contribution is 2.63. The van der Waals surface area contributed by atoms with Crippen LogP contribution in [0.5, 0.6) is 0 Å². The number of ether oxygens (including phenoxy) is 1. The van der Waals surface area contributed by atoms with Crippen molar-refractivity contribution >= 4 is 17.7 Å². The van der Waals surface area contributed by atoms with Gasteiger partial charge in [-0.15, -0.1) is 0 Å². The average Bonchev–Trinajstić information content (AvgIpc) is 3.40. The summed E-state index contributed by atoms with van der Waals surface area (Å²) >= 11 is 0. The van der Waals surface area contributed by atoms with Crippen molar-refractivity contribution in [1.29, 1.82) is 0 Å². The molecule has 2 unspecified atom stereocenters. The number of rotatable bonds is 10. The van der Waals surface area contributed by atoms with Crippen LogP contribution in [0.1, 0.15) is 86.6 Å². The van der Waals surface area contributed by atoms with Crippen molar-refractivity contribution in [2.75, 3.05) is 6.61 Å². The lowest BCUT2D eigenvalue weighted by Gasteiger charge is -2.40. The van der Waals surface area contributed by atoms with Gasteiger partial charge in [0.2, 0.25) is 17.7 Å². The van der Waals surface area contributed by atoms with Crippen molar-refractivity contribution in [3.63, 3.8) is 0 Å². The Bertz CT molecular complexity index is 1110. The molecule has 1 aromatic carbocycles. The second-order valence-electron chi connectivity index (χ2n) is 14.8. The Morgan fingerprint density at radius 3 is 2.33 bits per heavy atom. The second-order valence-corrected chi connectivity index (χ2v) is 14.8. The summed E-state index contributed by atoms with van der Waals surface area (Å²) in [4.78, 5) is 44.0. The predicted octanol–water partition coefficient (Wildman–Crippen LogP) is 3.81. The van der Waals surface area contributed by atoms with Gasteiger partial charge in [-0.2, -0.15) is 0 Å². The molecule has 3 aliphatic heterocycles. The number of hydrogen-bond donors (Lipinski definition) is 3. The first kappa shape index (κ1) is 30.5. The lowest BCUT2D eigenvalue weighted by molar-refractivity contribution is -0.150. The zero-order valence-corrected chi connectivity index (χ0v) is 25.5. The van der Waals surface area contributed by atoms with Gasteiger partial charge < -0.3 is 25.4 Å². The van der Waals surface area contributed by atoms with Gasteiger partial charge in [0.05, 0.1) is 30.1 Å². The minimum absolute atomic E-state index is 0.0220. The quantitative estimate of drug-likeness (QED) is 0.407. The van der Waals surface area contributed by atoms with Crippen molar-refractivity contribution in [1.82, 2.24) is 15.5 Å². The van der Waals surface area contributed by atoms with E-state index in [1.54, 1.807) is 4.90 Å². The third-order valence-electron chi connectivity index (χ3n) is 8.84. The van der Waals surface area contributed by atoms with Crippen molar-refractivity contribution in [2.24, 2.45) is 23.2 Å². The molecule has 222 valence electrons. The predicted molar refractivity (Wildman–Crippen MR) is 154 cm³/mol. The molecule has 1 spiro atoms. The molecule has 8 nitrogen and oxygen atoms in total. The van der Waals surface area contributed by atoms with Crippen LogP contribution in [0.25, 0.3) is 0 Å². The zero-order valence-electron chi connectivity index (χ0n) is 25.5. The number of nitrogens with zero attached hydrogens (tertiary/aromatic N) is 1. The maximum atomic E-state index is 14.4. The number of hydrogen-bond acceptors (Lipinski definition) is 5. The monoisotopic (exact) mass is 555 g/mol. The minimum atomic E-state index is -1.12. The normalized spacial score (nSPS) is 30.5. The van der Waals surface area contributed by atoms with Crippen LogP contribution >= 0.6 is 0 Å². The highest BCUT2D eigenvalue weighted by atomic mass is 16.5. The lowest BCUT2D eigenvalue weighted by atomic mass is 9.66. The molecular weight excluding hydrogens is 506 g/mol. The van der Waals surface area contributed by atoms with Gasteiger partial charge in [0.1, 0.15) is 11.6 Å². The van der Waals surface area contributed by atoms with Crippen LogP contribution in [0.2, 0.25) is 0 Å². The van der Waals surface area contributed by atoms with Gasteiger partial charge in [0.15, 0.2) is 0 Å². The molecule has 2 bridgehead atoms. The molecule has 0 radical (unpaired) electrons. The van der Waals surface area contributed by atoms with Gasteiger partial charge in [0, 0.05) is 12.1 Å². The van der Waals surface area contributed by atoms with E-state index in [9.17, 15) is 19.5 Å². The Kier molecular flexibility index (Phi) is 8.20. The van der Waals surface area contributed by atoms with E-state index >= 15 is 0 Å². The second kappa shape index (κ2) is 10.8. The SMILES string of the molecule is CC(C)C[C@H](CO)N1C(=O)[C@@H]2[C@@H](C(=O)NCc3ccccc3)[C@@]3(C)CCC2(O3)C1C(=O)NC(C)(C)CC(C)(C)C. The number of likely N-dealkylation sites (tertiary alicyclic amines) is 1. The molecular formula is C32H49N3O5. The maximum Gasteiger partial charge on any atom is 0.246 e.